The summed E-state index contributed by atoms with van der Waals surface area (Å²) in [7, 11) is 0. The number of benzene rings is 1. The zero-order valence-corrected chi connectivity index (χ0v) is 14.0. The zero-order valence-electron chi connectivity index (χ0n) is 13.2. The summed E-state index contributed by atoms with van der Waals surface area (Å²) in [5.41, 5.74) is 1.23. The largest absolute Gasteiger partial charge is 0.334 e. The van der Waals surface area contributed by atoms with E-state index in [-0.39, 0.29) is 18.3 Å². The fourth-order valence-electron chi connectivity index (χ4n) is 2.97. The van der Waals surface area contributed by atoms with Crippen LogP contribution >= 0.6 is 12.4 Å². The van der Waals surface area contributed by atoms with Crippen molar-refractivity contribution in [1.29, 1.82) is 0 Å². The van der Waals surface area contributed by atoms with Crippen LogP contribution in [0.1, 0.15) is 25.3 Å². The van der Waals surface area contributed by atoms with Crippen molar-refractivity contribution >= 4 is 18.3 Å². The number of carbonyl (C=O) groups is 1. The first-order valence-corrected chi connectivity index (χ1v) is 8.02. The van der Waals surface area contributed by atoms with Crippen molar-refractivity contribution in [2.24, 2.45) is 0 Å². The van der Waals surface area contributed by atoms with Crippen LogP contribution in [-0.2, 0) is 11.3 Å². The highest BCUT2D eigenvalue weighted by Gasteiger charge is 2.33. The van der Waals surface area contributed by atoms with Gasteiger partial charge in [0.05, 0.1) is 6.54 Å². The predicted molar refractivity (Wildman–Crippen MR) is 91.2 cm³/mol. The normalized spacial score (nSPS) is 22.0. The number of piperazine rings is 1. The molecule has 0 aromatic heterocycles. The Labute approximate surface area is 139 Å². The van der Waals surface area contributed by atoms with Gasteiger partial charge in [0.25, 0.3) is 0 Å². The summed E-state index contributed by atoms with van der Waals surface area (Å²) in [6.45, 7) is 6.45. The maximum atomic E-state index is 12.7. The SMILES string of the molecule is C[C@@H]1CNCCN1CC(=O)N(Cc1ccccc1)C1CC1.Cl. The number of carbonyl (C=O) groups excluding carboxylic acids is 1. The summed E-state index contributed by atoms with van der Waals surface area (Å²) in [5, 5.41) is 3.38. The maximum absolute atomic E-state index is 12.7. The Kier molecular flexibility index (Phi) is 6.24. The second-order valence-corrected chi connectivity index (χ2v) is 6.26. The first-order valence-electron chi connectivity index (χ1n) is 8.02. The Morgan fingerprint density at radius 1 is 1.32 bits per heavy atom. The monoisotopic (exact) mass is 323 g/mol. The summed E-state index contributed by atoms with van der Waals surface area (Å²) in [4.78, 5) is 17.1. The summed E-state index contributed by atoms with van der Waals surface area (Å²) in [6, 6.07) is 11.2. The minimum atomic E-state index is 0. The molecule has 0 unspecified atom stereocenters. The molecule has 1 aromatic carbocycles. The Morgan fingerprint density at radius 3 is 2.68 bits per heavy atom. The van der Waals surface area contributed by atoms with Crippen molar-refractivity contribution in [2.75, 3.05) is 26.2 Å². The molecule has 5 heteroatoms. The van der Waals surface area contributed by atoms with E-state index < -0.39 is 0 Å². The first kappa shape index (κ1) is 17.3. The number of halogens is 1. The highest BCUT2D eigenvalue weighted by Crippen LogP contribution is 2.28. The standard InChI is InChI=1S/C17H25N3O.ClH/c1-14-11-18-9-10-19(14)13-17(21)20(16-7-8-16)12-15-5-3-2-4-6-15;/h2-6,14,16,18H,7-13H2,1H3;1H/t14-;/m1./s1. The molecule has 2 fully saturated rings. The van der Waals surface area contributed by atoms with E-state index in [0.717, 1.165) is 39.0 Å². The summed E-state index contributed by atoms with van der Waals surface area (Å²) < 4.78 is 0. The number of amides is 1. The smallest absolute Gasteiger partial charge is 0.237 e. The molecule has 1 heterocycles. The number of nitrogens with one attached hydrogen (secondary N) is 1. The third kappa shape index (κ3) is 4.45. The molecule has 0 bridgehead atoms. The highest BCUT2D eigenvalue weighted by atomic mass is 35.5. The third-order valence-electron chi connectivity index (χ3n) is 4.48. The van der Waals surface area contributed by atoms with E-state index in [2.05, 4.69) is 34.2 Å². The van der Waals surface area contributed by atoms with Crippen LogP contribution in [0.5, 0.6) is 0 Å². The molecular formula is C17H26ClN3O. The molecular weight excluding hydrogens is 298 g/mol. The van der Waals surface area contributed by atoms with Gasteiger partial charge in [0.15, 0.2) is 0 Å². The van der Waals surface area contributed by atoms with Gasteiger partial charge in [0, 0.05) is 38.3 Å². The first-order chi connectivity index (χ1) is 10.2. The molecule has 0 spiro atoms. The van der Waals surface area contributed by atoms with E-state index >= 15 is 0 Å². The third-order valence-corrected chi connectivity index (χ3v) is 4.48. The average Bonchev–Trinajstić information content (AvgIpc) is 3.33. The van der Waals surface area contributed by atoms with Crippen molar-refractivity contribution < 1.29 is 4.79 Å². The van der Waals surface area contributed by atoms with Gasteiger partial charge in [0.2, 0.25) is 5.91 Å². The Morgan fingerprint density at radius 2 is 2.05 bits per heavy atom. The molecule has 2 aliphatic rings. The van der Waals surface area contributed by atoms with Crippen LogP contribution < -0.4 is 5.32 Å². The van der Waals surface area contributed by atoms with Crippen LogP contribution in [-0.4, -0.2) is 54.0 Å². The molecule has 3 rings (SSSR count). The molecule has 0 radical (unpaired) electrons. The zero-order chi connectivity index (χ0) is 14.7. The van der Waals surface area contributed by atoms with Gasteiger partial charge in [-0.3, -0.25) is 9.69 Å². The molecule has 1 atom stereocenters. The van der Waals surface area contributed by atoms with E-state index in [0.29, 0.717) is 18.6 Å². The summed E-state index contributed by atoms with van der Waals surface area (Å²) >= 11 is 0. The van der Waals surface area contributed by atoms with E-state index in [1.165, 1.54) is 5.56 Å². The number of nitrogens with zero attached hydrogens (tertiary/aromatic N) is 2. The molecule has 1 aliphatic carbocycles. The lowest BCUT2D eigenvalue weighted by molar-refractivity contribution is -0.134. The molecule has 1 aliphatic heterocycles. The number of hydrogen-bond donors (Lipinski definition) is 1. The van der Waals surface area contributed by atoms with E-state index in [4.69, 9.17) is 0 Å². The Balaban J connectivity index is 0.00000176. The van der Waals surface area contributed by atoms with Crippen molar-refractivity contribution in [1.82, 2.24) is 15.1 Å². The van der Waals surface area contributed by atoms with E-state index in [1.54, 1.807) is 0 Å². The molecule has 1 saturated carbocycles. The maximum Gasteiger partial charge on any atom is 0.237 e. The van der Waals surface area contributed by atoms with E-state index in [9.17, 15) is 4.79 Å². The second kappa shape index (κ2) is 7.95. The Bertz CT molecular complexity index is 478. The van der Waals surface area contributed by atoms with Crippen LogP contribution in [0, 0.1) is 0 Å². The van der Waals surface area contributed by atoms with Gasteiger partial charge < -0.3 is 10.2 Å². The predicted octanol–water partition coefficient (Wildman–Crippen LogP) is 1.89. The van der Waals surface area contributed by atoms with E-state index in [1.807, 2.05) is 18.2 Å². The van der Waals surface area contributed by atoms with Crippen LogP contribution in [0.15, 0.2) is 30.3 Å². The number of hydrogen-bond acceptors (Lipinski definition) is 3. The lowest BCUT2D eigenvalue weighted by Crippen LogP contribution is -2.53. The molecule has 4 nitrogen and oxygen atoms in total. The Hall–Kier alpha value is -1.10. The van der Waals surface area contributed by atoms with Gasteiger partial charge in [-0.1, -0.05) is 30.3 Å². The molecule has 122 valence electrons. The van der Waals surface area contributed by atoms with Crippen molar-refractivity contribution in [3.05, 3.63) is 35.9 Å². The molecule has 1 aromatic rings. The van der Waals surface area contributed by atoms with Crippen LogP contribution in [0.3, 0.4) is 0 Å². The lowest BCUT2D eigenvalue weighted by atomic mass is 10.2. The van der Waals surface area contributed by atoms with Crippen LogP contribution in [0.4, 0.5) is 0 Å². The van der Waals surface area contributed by atoms with Crippen molar-refractivity contribution in [3.8, 4) is 0 Å². The van der Waals surface area contributed by atoms with Crippen molar-refractivity contribution in [2.45, 2.75) is 38.4 Å². The minimum absolute atomic E-state index is 0. The lowest BCUT2D eigenvalue weighted by Gasteiger charge is -2.35. The van der Waals surface area contributed by atoms with Gasteiger partial charge in [-0.15, -0.1) is 12.4 Å². The fourth-order valence-corrected chi connectivity index (χ4v) is 2.97. The molecule has 22 heavy (non-hydrogen) atoms. The van der Waals surface area contributed by atoms with Crippen LogP contribution in [0.2, 0.25) is 0 Å². The number of rotatable bonds is 5. The summed E-state index contributed by atoms with van der Waals surface area (Å²) in [6.07, 6.45) is 2.32. The molecule has 1 N–H and O–H groups in total. The van der Waals surface area contributed by atoms with Gasteiger partial charge >= 0.3 is 0 Å². The van der Waals surface area contributed by atoms with Crippen molar-refractivity contribution in [3.63, 3.8) is 0 Å². The van der Waals surface area contributed by atoms with Gasteiger partial charge in [-0.2, -0.15) is 0 Å². The molecule has 1 saturated heterocycles. The fraction of sp³-hybridized carbons (Fsp3) is 0.588. The topological polar surface area (TPSA) is 35.6 Å². The average molecular weight is 324 g/mol. The summed E-state index contributed by atoms with van der Waals surface area (Å²) in [5.74, 6) is 0.287. The second-order valence-electron chi connectivity index (χ2n) is 6.26. The minimum Gasteiger partial charge on any atom is -0.334 e. The van der Waals surface area contributed by atoms with Crippen LogP contribution in [0.25, 0.3) is 0 Å². The van der Waals surface area contributed by atoms with Gasteiger partial charge in [0.1, 0.15) is 0 Å². The highest BCUT2D eigenvalue weighted by molar-refractivity contribution is 5.85. The molecule has 1 amide bonds. The quantitative estimate of drug-likeness (QED) is 0.899. The van der Waals surface area contributed by atoms with Gasteiger partial charge in [-0.05, 0) is 25.3 Å². The van der Waals surface area contributed by atoms with Gasteiger partial charge in [-0.25, -0.2) is 0 Å².